The van der Waals surface area contributed by atoms with Gasteiger partial charge in [-0.3, -0.25) is 4.72 Å². The fraction of sp³-hybridized carbons (Fsp3) is 0.571. The average Bonchev–Trinajstić information content (AvgIpc) is 3.08. The monoisotopic (exact) mass is 282 g/mol. The first-order valence-electron chi connectivity index (χ1n) is 6.63. The molecular formula is C14H22N2O2S. The van der Waals surface area contributed by atoms with Gasteiger partial charge in [-0.1, -0.05) is 12.1 Å². The summed E-state index contributed by atoms with van der Waals surface area (Å²) in [4.78, 5) is 0. The predicted molar refractivity (Wildman–Crippen MR) is 78.6 cm³/mol. The van der Waals surface area contributed by atoms with Crippen LogP contribution in [0.3, 0.4) is 0 Å². The molecule has 1 aliphatic rings. The molecule has 1 aromatic carbocycles. The molecule has 2 N–H and O–H groups in total. The van der Waals surface area contributed by atoms with Crippen LogP contribution in [0.25, 0.3) is 0 Å². The summed E-state index contributed by atoms with van der Waals surface area (Å²) in [5, 5.41) is 3.42. The number of sulfonamides is 1. The summed E-state index contributed by atoms with van der Waals surface area (Å²) in [5.41, 5.74) is 1.73. The van der Waals surface area contributed by atoms with Gasteiger partial charge in [0.05, 0.1) is 4.75 Å². The minimum absolute atomic E-state index is 0.630. The molecule has 0 amide bonds. The van der Waals surface area contributed by atoms with E-state index in [4.69, 9.17) is 0 Å². The molecule has 1 aromatic rings. The largest absolute Gasteiger partial charge is 0.310 e. The second-order valence-corrected chi connectivity index (χ2v) is 8.51. The molecule has 1 fully saturated rings. The number of anilines is 1. The van der Waals surface area contributed by atoms with E-state index in [-0.39, 0.29) is 0 Å². The minimum Gasteiger partial charge on any atom is -0.310 e. The molecule has 0 heterocycles. The van der Waals surface area contributed by atoms with Crippen LogP contribution in [0, 0.1) is 0 Å². The molecule has 0 bridgehead atoms. The number of rotatable bonds is 5. The van der Waals surface area contributed by atoms with Gasteiger partial charge in [0.1, 0.15) is 0 Å². The van der Waals surface area contributed by atoms with Crippen molar-refractivity contribution in [2.24, 2.45) is 0 Å². The van der Waals surface area contributed by atoms with Crippen molar-refractivity contribution in [3.05, 3.63) is 29.8 Å². The zero-order valence-corrected chi connectivity index (χ0v) is 12.5. The van der Waals surface area contributed by atoms with E-state index in [0.717, 1.165) is 12.1 Å². The van der Waals surface area contributed by atoms with Crippen molar-refractivity contribution in [3.8, 4) is 0 Å². The van der Waals surface area contributed by atoms with Gasteiger partial charge < -0.3 is 5.32 Å². The maximum Gasteiger partial charge on any atom is 0.237 e. The Morgan fingerprint density at radius 2 is 1.95 bits per heavy atom. The summed E-state index contributed by atoms with van der Waals surface area (Å²) in [5.74, 6) is 0. The Kier molecular flexibility index (Phi) is 3.87. The Bertz CT molecular complexity index is 543. The summed E-state index contributed by atoms with van der Waals surface area (Å²) in [6.07, 6.45) is 2.49. The topological polar surface area (TPSA) is 58.2 Å². The van der Waals surface area contributed by atoms with Crippen LogP contribution in [0.15, 0.2) is 24.3 Å². The highest BCUT2D eigenvalue weighted by Crippen LogP contribution is 2.22. The van der Waals surface area contributed by atoms with Gasteiger partial charge in [-0.05, 0) is 51.3 Å². The van der Waals surface area contributed by atoms with Crippen molar-refractivity contribution < 1.29 is 8.42 Å². The molecule has 0 atom stereocenters. The van der Waals surface area contributed by atoms with E-state index in [9.17, 15) is 8.42 Å². The first-order chi connectivity index (χ1) is 8.78. The molecule has 1 aliphatic carbocycles. The maximum absolute atomic E-state index is 12.1. The van der Waals surface area contributed by atoms with Crippen molar-refractivity contribution in [1.82, 2.24) is 5.32 Å². The zero-order chi connectivity index (χ0) is 14.1. The molecule has 0 saturated heterocycles. The number of benzene rings is 1. The third-order valence-corrected chi connectivity index (χ3v) is 5.27. The summed E-state index contributed by atoms with van der Waals surface area (Å²) in [6, 6.07) is 8.20. The summed E-state index contributed by atoms with van der Waals surface area (Å²) < 4.78 is 26.0. The second kappa shape index (κ2) is 5.13. The molecule has 0 spiro atoms. The Morgan fingerprint density at radius 3 is 2.53 bits per heavy atom. The average molecular weight is 282 g/mol. The van der Waals surface area contributed by atoms with Crippen LogP contribution in [0.4, 0.5) is 5.69 Å². The highest BCUT2D eigenvalue weighted by molar-refractivity contribution is 7.94. The van der Waals surface area contributed by atoms with Crippen LogP contribution in [0.5, 0.6) is 0 Å². The van der Waals surface area contributed by atoms with Crippen molar-refractivity contribution in [2.45, 2.75) is 50.9 Å². The maximum atomic E-state index is 12.1. The van der Waals surface area contributed by atoms with Crippen molar-refractivity contribution in [1.29, 1.82) is 0 Å². The van der Waals surface area contributed by atoms with E-state index in [0.29, 0.717) is 11.7 Å². The summed E-state index contributed by atoms with van der Waals surface area (Å²) in [6.45, 7) is 5.85. The molecule has 4 nitrogen and oxygen atoms in total. The van der Waals surface area contributed by atoms with E-state index in [1.807, 2.05) is 18.2 Å². The van der Waals surface area contributed by atoms with E-state index < -0.39 is 14.8 Å². The smallest absolute Gasteiger partial charge is 0.237 e. The van der Waals surface area contributed by atoms with Crippen LogP contribution in [-0.2, 0) is 16.6 Å². The lowest BCUT2D eigenvalue weighted by Crippen LogP contribution is -2.33. The third kappa shape index (κ3) is 3.94. The number of hydrogen-bond donors (Lipinski definition) is 2. The minimum atomic E-state index is -3.36. The van der Waals surface area contributed by atoms with Crippen molar-refractivity contribution in [3.63, 3.8) is 0 Å². The Hall–Kier alpha value is -1.07. The molecule has 106 valence electrons. The fourth-order valence-corrected chi connectivity index (χ4v) is 2.35. The predicted octanol–water partition coefficient (Wildman–Crippen LogP) is 2.48. The molecule has 0 aromatic heterocycles. The Morgan fingerprint density at radius 1 is 1.26 bits per heavy atom. The highest BCUT2D eigenvalue weighted by Gasteiger charge is 2.28. The standard InChI is InChI=1S/C14H22N2O2S/c1-14(2,3)19(17,18)16-13-6-4-5-11(9-13)10-15-12-7-8-12/h4-6,9,12,15-16H,7-8,10H2,1-3H3. The molecule has 19 heavy (non-hydrogen) atoms. The number of nitrogens with one attached hydrogen (secondary N) is 2. The molecule has 2 rings (SSSR count). The van der Waals surface area contributed by atoms with Crippen LogP contribution in [-0.4, -0.2) is 19.2 Å². The molecule has 1 saturated carbocycles. The van der Waals surface area contributed by atoms with Gasteiger partial charge in [0.25, 0.3) is 0 Å². The van der Waals surface area contributed by atoms with E-state index in [1.165, 1.54) is 12.8 Å². The van der Waals surface area contributed by atoms with Crippen LogP contribution in [0.2, 0.25) is 0 Å². The fourth-order valence-electron chi connectivity index (χ4n) is 1.60. The van der Waals surface area contributed by atoms with E-state index in [2.05, 4.69) is 10.0 Å². The van der Waals surface area contributed by atoms with Gasteiger partial charge in [-0.15, -0.1) is 0 Å². The van der Waals surface area contributed by atoms with Gasteiger partial charge in [0.2, 0.25) is 10.0 Å². The molecule has 0 radical (unpaired) electrons. The van der Waals surface area contributed by atoms with E-state index >= 15 is 0 Å². The van der Waals surface area contributed by atoms with Gasteiger partial charge in [-0.25, -0.2) is 8.42 Å². The van der Waals surface area contributed by atoms with Gasteiger partial charge in [-0.2, -0.15) is 0 Å². The molecule has 0 unspecified atom stereocenters. The first kappa shape index (κ1) is 14.3. The molecule has 5 heteroatoms. The van der Waals surface area contributed by atoms with Gasteiger partial charge in [0, 0.05) is 18.3 Å². The summed E-state index contributed by atoms with van der Waals surface area (Å²) >= 11 is 0. The van der Waals surface area contributed by atoms with Crippen molar-refractivity contribution >= 4 is 15.7 Å². The molecular weight excluding hydrogens is 260 g/mol. The zero-order valence-electron chi connectivity index (χ0n) is 11.7. The highest BCUT2D eigenvalue weighted by atomic mass is 32.2. The molecule has 0 aliphatic heterocycles. The Labute approximate surface area is 115 Å². The third-order valence-electron chi connectivity index (χ3n) is 3.16. The van der Waals surface area contributed by atoms with Crippen LogP contribution < -0.4 is 10.0 Å². The SMILES string of the molecule is CC(C)(C)S(=O)(=O)Nc1cccc(CNC2CC2)c1. The van der Waals surface area contributed by atoms with E-state index in [1.54, 1.807) is 26.8 Å². The lowest BCUT2D eigenvalue weighted by Gasteiger charge is -2.20. The van der Waals surface area contributed by atoms with Gasteiger partial charge in [0.15, 0.2) is 0 Å². The summed E-state index contributed by atoms with van der Waals surface area (Å²) in [7, 11) is -3.36. The van der Waals surface area contributed by atoms with Crippen molar-refractivity contribution in [2.75, 3.05) is 4.72 Å². The van der Waals surface area contributed by atoms with Crippen LogP contribution >= 0.6 is 0 Å². The lowest BCUT2D eigenvalue weighted by atomic mass is 10.2. The normalized spacial score (nSPS) is 16.4. The first-order valence-corrected chi connectivity index (χ1v) is 8.11. The number of hydrogen-bond acceptors (Lipinski definition) is 3. The lowest BCUT2D eigenvalue weighted by molar-refractivity contribution is 0.566. The van der Waals surface area contributed by atoms with Crippen LogP contribution in [0.1, 0.15) is 39.2 Å². The van der Waals surface area contributed by atoms with Gasteiger partial charge >= 0.3 is 0 Å². The second-order valence-electron chi connectivity index (χ2n) is 6.07. The Balaban J connectivity index is 2.06. The quantitative estimate of drug-likeness (QED) is 0.872.